The molecule has 20 heavy (non-hydrogen) atoms. The van der Waals surface area contributed by atoms with E-state index in [1.54, 1.807) is 22.7 Å². The number of benzene rings is 1. The third-order valence-corrected chi connectivity index (χ3v) is 4.17. The first kappa shape index (κ1) is 14.7. The molecule has 0 saturated heterocycles. The number of nitrogens with zero attached hydrogens (tertiary/aromatic N) is 2. The Morgan fingerprint density at radius 2 is 2.15 bits per heavy atom. The van der Waals surface area contributed by atoms with Gasteiger partial charge < -0.3 is 10.6 Å². The molecule has 1 aromatic heterocycles. The minimum atomic E-state index is -0.0168. The van der Waals surface area contributed by atoms with Crippen molar-refractivity contribution in [2.75, 3.05) is 24.8 Å². The van der Waals surface area contributed by atoms with Gasteiger partial charge in [0.25, 0.3) is 5.91 Å². The standard InChI is InChI=1S/C15H19N3OS/c1-10(9-20-3)18(2)15(19)12-8-14(16)17-13-7-5-4-6-11(12)13/h4-8,10H,9H2,1-3H3,(H2,16,17). The van der Waals surface area contributed by atoms with Crippen LogP contribution in [-0.2, 0) is 0 Å². The predicted octanol–water partition coefficient (Wildman–Crippen LogP) is 2.64. The number of carbonyl (C=O) groups is 1. The van der Waals surface area contributed by atoms with Gasteiger partial charge in [-0.2, -0.15) is 11.8 Å². The highest BCUT2D eigenvalue weighted by molar-refractivity contribution is 7.98. The van der Waals surface area contributed by atoms with Crippen molar-refractivity contribution < 1.29 is 4.79 Å². The summed E-state index contributed by atoms with van der Waals surface area (Å²) < 4.78 is 0. The first-order chi connectivity index (χ1) is 9.54. The van der Waals surface area contributed by atoms with Crippen LogP contribution in [0.4, 0.5) is 5.82 Å². The lowest BCUT2D eigenvalue weighted by atomic mass is 10.1. The number of carbonyl (C=O) groups excluding carboxylic acids is 1. The van der Waals surface area contributed by atoms with E-state index in [4.69, 9.17) is 5.73 Å². The molecule has 1 unspecified atom stereocenters. The maximum atomic E-state index is 12.7. The molecule has 0 aliphatic rings. The van der Waals surface area contributed by atoms with E-state index in [2.05, 4.69) is 4.98 Å². The fourth-order valence-corrected chi connectivity index (χ4v) is 2.82. The summed E-state index contributed by atoms with van der Waals surface area (Å²) in [6, 6.07) is 9.40. The lowest BCUT2D eigenvalue weighted by Crippen LogP contribution is -2.36. The molecule has 4 nitrogen and oxygen atoms in total. The number of thioether (sulfide) groups is 1. The second kappa shape index (κ2) is 6.13. The van der Waals surface area contributed by atoms with E-state index in [0.29, 0.717) is 11.4 Å². The zero-order valence-electron chi connectivity index (χ0n) is 12.0. The first-order valence-electron chi connectivity index (χ1n) is 6.46. The highest BCUT2D eigenvalue weighted by atomic mass is 32.2. The summed E-state index contributed by atoms with van der Waals surface area (Å²) in [5.41, 5.74) is 7.18. The molecule has 1 amide bonds. The van der Waals surface area contributed by atoms with Gasteiger partial charge in [0.2, 0.25) is 0 Å². The van der Waals surface area contributed by atoms with Crippen LogP contribution in [0, 0.1) is 0 Å². The van der Waals surface area contributed by atoms with Crippen molar-refractivity contribution in [2.45, 2.75) is 13.0 Å². The maximum absolute atomic E-state index is 12.7. The van der Waals surface area contributed by atoms with Gasteiger partial charge >= 0.3 is 0 Å². The molecule has 5 heteroatoms. The number of fused-ring (bicyclic) bond motifs is 1. The van der Waals surface area contributed by atoms with E-state index < -0.39 is 0 Å². The van der Waals surface area contributed by atoms with E-state index in [-0.39, 0.29) is 11.9 Å². The van der Waals surface area contributed by atoms with Crippen LogP contribution < -0.4 is 5.73 Å². The maximum Gasteiger partial charge on any atom is 0.254 e. The minimum absolute atomic E-state index is 0.0168. The van der Waals surface area contributed by atoms with Crippen LogP contribution in [0.5, 0.6) is 0 Å². The fourth-order valence-electron chi connectivity index (χ4n) is 2.12. The van der Waals surface area contributed by atoms with Gasteiger partial charge in [0.05, 0.1) is 11.1 Å². The van der Waals surface area contributed by atoms with Gasteiger partial charge in [-0.3, -0.25) is 4.79 Å². The van der Waals surface area contributed by atoms with Crippen molar-refractivity contribution in [2.24, 2.45) is 0 Å². The zero-order chi connectivity index (χ0) is 14.7. The molecule has 0 aliphatic carbocycles. The van der Waals surface area contributed by atoms with Crippen molar-refractivity contribution >= 4 is 34.4 Å². The largest absolute Gasteiger partial charge is 0.384 e. The van der Waals surface area contributed by atoms with Crippen LogP contribution in [0.2, 0.25) is 0 Å². The van der Waals surface area contributed by atoms with Crippen molar-refractivity contribution in [3.05, 3.63) is 35.9 Å². The summed E-state index contributed by atoms with van der Waals surface area (Å²) in [6.45, 7) is 2.04. The summed E-state index contributed by atoms with van der Waals surface area (Å²) in [4.78, 5) is 18.7. The number of amides is 1. The molecular formula is C15H19N3OS. The second-order valence-corrected chi connectivity index (χ2v) is 5.74. The lowest BCUT2D eigenvalue weighted by Gasteiger charge is -2.25. The normalized spacial score (nSPS) is 12.3. The number of hydrogen-bond donors (Lipinski definition) is 1. The molecule has 0 fully saturated rings. The Balaban J connectivity index is 2.44. The number of nitrogens with two attached hydrogens (primary N) is 1. The molecule has 0 aliphatic heterocycles. The number of anilines is 1. The lowest BCUT2D eigenvalue weighted by molar-refractivity contribution is 0.0759. The number of hydrogen-bond acceptors (Lipinski definition) is 4. The molecule has 1 atom stereocenters. The van der Waals surface area contributed by atoms with Crippen molar-refractivity contribution in [1.82, 2.24) is 9.88 Å². The minimum Gasteiger partial charge on any atom is -0.384 e. The smallest absolute Gasteiger partial charge is 0.254 e. The van der Waals surface area contributed by atoms with E-state index in [1.807, 2.05) is 44.5 Å². The Morgan fingerprint density at radius 3 is 2.85 bits per heavy atom. The molecule has 1 aromatic carbocycles. The fraction of sp³-hybridized carbons (Fsp3) is 0.333. The third kappa shape index (κ3) is 2.88. The van der Waals surface area contributed by atoms with Crippen LogP contribution in [0.3, 0.4) is 0 Å². The number of rotatable bonds is 4. The summed E-state index contributed by atoms with van der Waals surface area (Å²) in [6.07, 6.45) is 2.04. The second-order valence-electron chi connectivity index (χ2n) is 4.83. The van der Waals surface area contributed by atoms with E-state index in [0.717, 1.165) is 16.7 Å². The average molecular weight is 289 g/mol. The van der Waals surface area contributed by atoms with Crippen LogP contribution in [0.25, 0.3) is 10.9 Å². The summed E-state index contributed by atoms with van der Waals surface area (Å²) in [5, 5.41) is 0.843. The van der Waals surface area contributed by atoms with E-state index >= 15 is 0 Å². The highest BCUT2D eigenvalue weighted by Crippen LogP contribution is 2.21. The summed E-state index contributed by atoms with van der Waals surface area (Å²) in [5.74, 6) is 1.26. The highest BCUT2D eigenvalue weighted by Gasteiger charge is 2.20. The van der Waals surface area contributed by atoms with Crippen LogP contribution >= 0.6 is 11.8 Å². The van der Waals surface area contributed by atoms with Crippen LogP contribution in [0.15, 0.2) is 30.3 Å². The molecule has 2 rings (SSSR count). The Hall–Kier alpha value is -1.75. The van der Waals surface area contributed by atoms with Gasteiger partial charge in [0.15, 0.2) is 0 Å². The van der Waals surface area contributed by atoms with E-state index in [9.17, 15) is 4.79 Å². The van der Waals surface area contributed by atoms with Crippen molar-refractivity contribution in [3.63, 3.8) is 0 Å². The number of nitrogen functional groups attached to an aromatic ring is 1. The van der Waals surface area contributed by atoms with Crippen LogP contribution in [0.1, 0.15) is 17.3 Å². The molecule has 2 aromatic rings. The Labute approximate surface area is 123 Å². The third-order valence-electron chi connectivity index (χ3n) is 3.36. The van der Waals surface area contributed by atoms with Crippen molar-refractivity contribution in [1.29, 1.82) is 0 Å². The monoisotopic (exact) mass is 289 g/mol. The van der Waals surface area contributed by atoms with Crippen molar-refractivity contribution in [3.8, 4) is 0 Å². The topological polar surface area (TPSA) is 59.2 Å². The van der Waals surface area contributed by atoms with Gasteiger partial charge in [-0.15, -0.1) is 0 Å². The summed E-state index contributed by atoms with van der Waals surface area (Å²) >= 11 is 1.73. The molecule has 2 N–H and O–H groups in total. The molecule has 0 spiro atoms. The zero-order valence-corrected chi connectivity index (χ0v) is 12.8. The number of pyridine rings is 1. The van der Waals surface area contributed by atoms with E-state index in [1.165, 1.54) is 0 Å². The Morgan fingerprint density at radius 1 is 1.45 bits per heavy atom. The van der Waals surface area contributed by atoms with Gasteiger partial charge in [-0.25, -0.2) is 4.98 Å². The van der Waals surface area contributed by atoms with Crippen LogP contribution in [-0.4, -0.2) is 40.9 Å². The number of aromatic nitrogens is 1. The van der Waals surface area contributed by atoms with Gasteiger partial charge in [-0.05, 0) is 25.3 Å². The SMILES string of the molecule is CSCC(C)N(C)C(=O)c1cc(N)nc2ccccc12. The molecule has 1 heterocycles. The number of para-hydroxylation sites is 1. The first-order valence-corrected chi connectivity index (χ1v) is 7.85. The molecule has 106 valence electrons. The molecule has 0 bridgehead atoms. The van der Waals surface area contributed by atoms with Gasteiger partial charge in [0, 0.05) is 24.2 Å². The summed E-state index contributed by atoms with van der Waals surface area (Å²) in [7, 11) is 1.83. The Kier molecular flexibility index (Phi) is 4.49. The Bertz CT molecular complexity index is 630. The molecule has 0 radical (unpaired) electrons. The molecular weight excluding hydrogens is 270 g/mol. The predicted molar refractivity (Wildman–Crippen MR) is 86.1 cm³/mol. The average Bonchev–Trinajstić information content (AvgIpc) is 2.45. The molecule has 0 saturated carbocycles. The van der Waals surface area contributed by atoms with Gasteiger partial charge in [-0.1, -0.05) is 18.2 Å². The van der Waals surface area contributed by atoms with Gasteiger partial charge in [0.1, 0.15) is 5.82 Å². The quantitative estimate of drug-likeness (QED) is 0.940.